The highest BCUT2D eigenvalue weighted by Gasteiger charge is 2.56. The monoisotopic (exact) mass is 1260 g/mol. The van der Waals surface area contributed by atoms with Gasteiger partial charge in [-0.05, 0) is 78.9 Å². The highest BCUT2D eigenvalue weighted by atomic mass is 79.9. The molecule has 27 heteroatoms. The van der Waals surface area contributed by atoms with Crippen molar-refractivity contribution in [3.63, 3.8) is 0 Å². The van der Waals surface area contributed by atoms with Gasteiger partial charge in [0.1, 0.15) is 47.1 Å². The van der Waals surface area contributed by atoms with Gasteiger partial charge >= 0.3 is 0 Å². The van der Waals surface area contributed by atoms with Crippen molar-refractivity contribution in [2.75, 3.05) is 11.1 Å². The molecule has 5 aliphatic rings. The van der Waals surface area contributed by atoms with Crippen molar-refractivity contribution in [3.8, 4) is 0 Å². The van der Waals surface area contributed by atoms with Gasteiger partial charge in [0.15, 0.2) is 11.3 Å². The number of ketones is 4. The zero-order valence-electron chi connectivity index (χ0n) is 40.6. The van der Waals surface area contributed by atoms with Crippen LogP contribution in [0.5, 0.6) is 0 Å². The van der Waals surface area contributed by atoms with Crippen molar-refractivity contribution >= 4 is 125 Å². The second kappa shape index (κ2) is 22.5. The molecule has 0 bridgehead atoms. The predicted molar refractivity (Wildman–Crippen MR) is 298 cm³/mol. The number of Topliss-reactive ketones (excluding diaryl/α,β-unsaturated/α-hetero) is 4. The molecule has 2 aliphatic heterocycles. The van der Waals surface area contributed by atoms with Crippen LogP contribution < -0.4 is 44.1 Å². The smallest absolute Gasteiger partial charge is 0.277 e. The first-order chi connectivity index (χ1) is 38.2. The second-order valence-electron chi connectivity index (χ2n) is 17.7. The number of H-pyrrole nitrogens is 1. The Labute approximate surface area is 481 Å². The molecule has 8 N–H and O–H groups in total. The Kier molecular flexibility index (Phi) is 15.7. The summed E-state index contributed by atoms with van der Waals surface area (Å²) in [5, 5.41) is 8.56. The zero-order valence-corrected chi connectivity index (χ0v) is 46.0. The van der Waals surface area contributed by atoms with E-state index in [0.717, 1.165) is 16.7 Å². The molecule has 0 fully saturated rings. The summed E-state index contributed by atoms with van der Waals surface area (Å²) < 4.78 is 2.83. The number of halogens is 5. The summed E-state index contributed by atoms with van der Waals surface area (Å²) in [7, 11) is 0. The molecule has 2 atom stereocenters. The molecular weight excluding hydrogens is 1230 g/mol. The van der Waals surface area contributed by atoms with Gasteiger partial charge in [0, 0.05) is 48.3 Å². The van der Waals surface area contributed by atoms with Crippen molar-refractivity contribution < 1.29 is 33.6 Å². The average molecular weight is 1270 g/mol. The number of pyridine rings is 3. The van der Waals surface area contributed by atoms with Gasteiger partial charge < -0.3 is 32.4 Å². The van der Waals surface area contributed by atoms with Gasteiger partial charge in [0.05, 0.1) is 24.0 Å². The molecule has 3 aliphatic carbocycles. The van der Waals surface area contributed by atoms with Crippen molar-refractivity contribution in [3.05, 3.63) is 234 Å². The van der Waals surface area contributed by atoms with E-state index in [-0.39, 0.29) is 89.2 Å². The van der Waals surface area contributed by atoms with Crippen molar-refractivity contribution in [1.82, 2.24) is 44.7 Å². The topological polar surface area (TPSA) is 336 Å². The first kappa shape index (κ1) is 55.9. The predicted octanol–water partition coefficient (Wildman–Crippen LogP) is 5.91. The van der Waals surface area contributed by atoms with Crippen LogP contribution in [-0.2, 0) is 35.4 Å². The highest BCUT2D eigenvalue weighted by Crippen LogP contribution is 2.41. The number of nitrogens with two attached hydrogens (primary N) is 2. The molecule has 0 saturated carbocycles. The van der Waals surface area contributed by atoms with Crippen LogP contribution in [0.15, 0.2) is 152 Å². The molecule has 3 aromatic carbocycles. The van der Waals surface area contributed by atoms with Crippen LogP contribution in [0, 0.1) is 0 Å². The number of hydrogen-bond donors (Lipinski definition) is 6. The van der Waals surface area contributed by atoms with Gasteiger partial charge in [-0.25, -0.2) is 19.9 Å². The van der Waals surface area contributed by atoms with E-state index in [1.165, 1.54) is 46.2 Å². The molecule has 7 heterocycles. The number of aromatic amines is 1. The second-order valence-corrected chi connectivity index (χ2v) is 20.6. The van der Waals surface area contributed by atoms with Crippen LogP contribution in [0.4, 0.5) is 17.3 Å². The maximum atomic E-state index is 13.3. The summed E-state index contributed by atoms with van der Waals surface area (Å²) in [6, 6.07) is 28.5. The third-order valence-corrected chi connectivity index (χ3v) is 14.8. The lowest BCUT2D eigenvalue weighted by atomic mass is 10.1. The fourth-order valence-electron chi connectivity index (χ4n) is 9.26. The van der Waals surface area contributed by atoms with E-state index in [0.29, 0.717) is 28.3 Å². The van der Waals surface area contributed by atoms with E-state index in [2.05, 4.69) is 72.7 Å². The maximum absolute atomic E-state index is 13.3. The molecule has 22 nitrogen and oxygen atoms in total. The Hall–Kier alpha value is -8.81. The van der Waals surface area contributed by atoms with Gasteiger partial charge in [0.2, 0.25) is 23.1 Å². The molecule has 2 unspecified atom stereocenters. The Morgan fingerprint density at radius 3 is 1.60 bits per heavy atom. The van der Waals surface area contributed by atoms with Gasteiger partial charge in [0.25, 0.3) is 34.4 Å². The van der Waals surface area contributed by atoms with Crippen LogP contribution in [-0.4, -0.2) is 74.9 Å². The molecule has 13 rings (SSSR count). The van der Waals surface area contributed by atoms with Crippen LogP contribution in [0.3, 0.4) is 0 Å². The van der Waals surface area contributed by atoms with E-state index in [1.807, 2.05) is 36.4 Å². The number of nitrogens with zero attached hydrogens (tertiary/aromatic N) is 6. The van der Waals surface area contributed by atoms with Gasteiger partial charge in [-0.1, -0.05) is 108 Å². The number of hydrogen-bond acceptors (Lipinski definition) is 16. The number of benzene rings is 3. The Morgan fingerprint density at radius 1 is 0.613 bits per heavy atom. The number of anilines is 3. The zero-order chi connectivity index (χ0) is 57.4. The van der Waals surface area contributed by atoms with Crippen molar-refractivity contribution in [1.29, 1.82) is 0 Å². The van der Waals surface area contributed by atoms with Gasteiger partial charge in [-0.15, -0.1) is 0 Å². The minimum atomic E-state index is -1.51. The summed E-state index contributed by atoms with van der Waals surface area (Å²) in [6.07, 6.45) is 6.55. The van der Waals surface area contributed by atoms with E-state index >= 15 is 0 Å². The third kappa shape index (κ3) is 10.4. The largest absolute Gasteiger partial charge is 0.384 e. The SMILES string of the molecule is NC(=O)c1[nH]c(=O)c(Br)cc1Cl.Nc1ccncn1.O=C1Cc2ccccc2C1=O.O=C1NC2(Cc3ccccc3C2=O)n2c1c(Cl)cc(Br)c2=O.O=C1NC2(Cc3ccccc3C2=O)n2c1c(Cl)cc(Nc1ccncn1)c2=O. The lowest BCUT2D eigenvalue weighted by molar-refractivity contribution is -0.114. The van der Waals surface area contributed by atoms with Crippen molar-refractivity contribution in [2.45, 2.75) is 30.6 Å². The lowest BCUT2D eigenvalue weighted by Gasteiger charge is -2.25. The number of aromatic nitrogens is 7. The third-order valence-electron chi connectivity index (χ3n) is 12.8. The van der Waals surface area contributed by atoms with Crippen LogP contribution in [0.2, 0.25) is 15.1 Å². The van der Waals surface area contributed by atoms with Crippen LogP contribution in [0.25, 0.3) is 0 Å². The summed E-state index contributed by atoms with van der Waals surface area (Å²) in [6.45, 7) is 0. The fraction of sp³-hybridized carbons (Fsp3) is 0.0943. The molecule has 2 spiro atoms. The molecular formula is C53H35Br2Cl3N12O10. The average Bonchev–Trinajstić information content (AvgIpc) is 4.26. The molecule has 0 radical (unpaired) electrons. The maximum Gasteiger partial charge on any atom is 0.277 e. The molecule has 8 aromatic rings. The van der Waals surface area contributed by atoms with Crippen molar-refractivity contribution in [2.24, 2.45) is 5.73 Å². The quantitative estimate of drug-likeness (QED) is 0.112. The van der Waals surface area contributed by atoms with E-state index < -0.39 is 45.7 Å². The minimum absolute atomic E-state index is 0.0241. The fourth-order valence-corrected chi connectivity index (χ4v) is 11.1. The van der Waals surface area contributed by atoms with E-state index in [4.69, 9.17) is 46.3 Å². The molecule has 0 saturated heterocycles. The van der Waals surface area contributed by atoms with E-state index in [9.17, 15) is 47.9 Å². The first-order valence-corrected chi connectivity index (χ1v) is 26.0. The van der Waals surface area contributed by atoms with Crippen LogP contribution in [0.1, 0.15) is 79.2 Å². The summed E-state index contributed by atoms with van der Waals surface area (Å²) in [5.74, 6) is -2.20. The highest BCUT2D eigenvalue weighted by molar-refractivity contribution is 9.10. The normalized spacial score (nSPS) is 17.2. The number of carbonyl (C=O) groups is 7. The first-order valence-electron chi connectivity index (χ1n) is 23.2. The molecule has 402 valence electrons. The van der Waals surface area contributed by atoms with Gasteiger partial charge in [-0.3, -0.25) is 57.1 Å². The number of nitrogen functional groups attached to an aromatic ring is 1. The Balaban J connectivity index is 0.000000131. The summed E-state index contributed by atoms with van der Waals surface area (Å²) in [5.41, 5.74) is 9.78. The molecule has 80 heavy (non-hydrogen) atoms. The lowest BCUT2D eigenvalue weighted by Crippen LogP contribution is -2.52. The van der Waals surface area contributed by atoms with Gasteiger partial charge in [-0.2, -0.15) is 0 Å². The summed E-state index contributed by atoms with van der Waals surface area (Å²) >= 11 is 24.1. The molecule has 5 aromatic heterocycles. The summed E-state index contributed by atoms with van der Waals surface area (Å²) in [4.78, 5) is 138. The Bertz CT molecular complexity index is 4150. The number of nitrogens with one attached hydrogen (secondary N) is 4. The van der Waals surface area contributed by atoms with Crippen LogP contribution >= 0.6 is 66.7 Å². The number of carbonyl (C=O) groups excluding carboxylic acids is 7. The number of amides is 3. The standard InChI is InChI=1S/C19H12ClN5O3.C15H8BrClN2O3.C9H6O2.C6H4BrClN2O2.C4H5N3/c20-12-7-13(23-14-5-6-21-9-22-14)18(28)25-15(12)17(27)24-19(25)8-10-3-1-2-4-11(10)16(19)26;16-9-5-10(17)11-13(21)18-15(19(11)14(9)22)6-7-3-1-2-4-8(7)12(15)20;10-8-5-6-3-1-2-4-7(6)9(8)11;7-2-1-3(8)4(5(9)11)10-6(2)12;5-4-1-2-6-3-7-4/h1-7,9H,8H2,(H,24,27)(H,21,22,23);1-5H,6H2,(H,18,21);1-4H,5H2;1H,(H2,9,11)(H,10,12);1-3H,(H2,5,6,7). The minimum Gasteiger partial charge on any atom is -0.384 e. The number of primary amides is 1. The molecule has 3 amide bonds. The van der Waals surface area contributed by atoms with E-state index in [1.54, 1.807) is 54.7 Å². The number of rotatable bonds is 3. The number of fused-ring (bicyclic) bond motifs is 7. The Morgan fingerprint density at radius 2 is 1.11 bits per heavy atom.